The number of nitrogens with zero attached hydrogens (tertiary/aromatic N) is 2. The quantitative estimate of drug-likeness (QED) is 0.851. The molecule has 1 aliphatic heterocycles. The van der Waals surface area contributed by atoms with E-state index in [2.05, 4.69) is 10.3 Å². The third-order valence-electron chi connectivity index (χ3n) is 4.41. The summed E-state index contributed by atoms with van der Waals surface area (Å²) in [7, 11) is 1.42. The Balaban J connectivity index is 1.66. The van der Waals surface area contributed by atoms with Crippen molar-refractivity contribution >= 4 is 23.3 Å². The second-order valence-corrected chi connectivity index (χ2v) is 6.64. The molecular weight excluding hydrogens is 357 g/mol. The van der Waals surface area contributed by atoms with Gasteiger partial charge in [-0.25, -0.2) is 9.37 Å². The molecule has 138 valence electrons. The molecule has 26 heavy (non-hydrogen) atoms. The lowest BCUT2D eigenvalue weighted by Crippen LogP contribution is -2.35. The summed E-state index contributed by atoms with van der Waals surface area (Å²) in [4.78, 5) is 18.6. The van der Waals surface area contributed by atoms with E-state index in [1.807, 2.05) is 4.90 Å². The van der Waals surface area contributed by atoms with Crippen LogP contribution in [0.3, 0.4) is 0 Å². The summed E-state index contributed by atoms with van der Waals surface area (Å²) < 4.78 is 18.6. The minimum Gasteiger partial charge on any atom is -0.494 e. The number of hydrogen-bond donors (Lipinski definition) is 1. The number of aromatic nitrogens is 1. The number of halogens is 2. The maximum atomic E-state index is 13.7. The molecule has 0 unspecified atom stereocenters. The van der Waals surface area contributed by atoms with Gasteiger partial charge in [-0.1, -0.05) is 17.7 Å². The van der Waals surface area contributed by atoms with Gasteiger partial charge >= 0.3 is 0 Å². The van der Waals surface area contributed by atoms with Gasteiger partial charge in [-0.15, -0.1) is 0 Å². The number of anilines is 1. The van der Waals surface area contributed by atoms with E-state index in [0.717, 1.165) is 37.9 Å². The first kappa shape index (κ1) is 18.5. The largest absolute Gasteiger partial charge is 0.494 e. The van der Waals surface area contributed by atoms with Crippen LogP contribution in [-0.2, 0) is 6.54 Å². The van der Waals surface area contributed by atoms with E-state index in [9.17, 15) is 9.18 Å². The Morgan fingerprint density at radius 2 is 2.08 bits per heavy atom. The first-order valence-electron chi connectivity index (χ1n) is 8.59. The monoisotopic (exact) mass is 377 g/mol. The maximum Gasteiger partial charge on any atom is 0.255 e. The first-order chi connectivity index (χ1) is 12.6. The molecule has 2 aromatic rings. The zero-order valence-electron chi connectivity index (χ0n) is 14.6. The van der Waals surface area contributed by atoms with Crippen molar-refractivity contribution in [3.05, 3.63) is 52.4 Å². The Kier molecular flexibility index (Phi) is 5.93. The van der Waals surface area contributed by atoms with Crippen LogP contribution in [0.25, 0.3) is 0 Å². The number of piperidine rings is 1. The SMILES string of the molecule is COc1ccc(CNc2ncc(C(=O)N3CCCCC3)cc2Cl)cc1F. The first-order valence-corrected chi connectivity index (χ1v) is 8.97. The van der Waals surface area contributed by atoms with Crippen LogP contribution in [0, 0.1) is 5.82 Å². The van der Waals surface area contributed by atoms with Gasteiger partial charge in [0.15, 0.2) is 11.6 Å². The zero-order chi connectivity index (χ0) is 18.5. The van der Waals surface area contributed by atoms with Crippen LogP contribution in [0.1, 0.15) is 35.2 Å². The van der Waals surface area contributed by atoms with E-state index in [4.69, 9.17) is 16.3 Å². The fourth-order valence-electron chi connectivity index (χ4n) is 2.97. The molecule has 0 aliphatic carbocycles. The molecule has 5 nitrogen and oxygen atoms in total. The molecule has 1 saturated heterocycles. The van der Waals surface area contributed by atoms with E-state index < -0.39 is 5.82 Å². The van der Waals surface area contributed by atoms with Crippen molar-refractivity contribution in [3.63, 3.8) is 0 Å². The van der Waals surface area contributed by atoms with Gasteiger partial charge in [0.2, 0.25) is 0 Å². The predicted molar refractivity (Wildman–Crippen MR) is 99.3 cm³/mol. The zero-order valence-corrected chi connectivity index (χ0v) is 15.4. The summed E-state index contributed by atoms with van der Waals surface area (Å²) in [5.41, 5.74) is 1.22. The minimum atomic E-state index is -0.423. The van der Waals surface area contributed by atoms with Gasteiger partial charge in [-0.3, -0.25) is 4.79 Å². The molecule has 0 saturated carbocycles. The highest BCUT2D eigenvalue weighted by Crippen LogP contribution is 2.23. The smallest absolute Gasteiger partial charge is 0.255 e. The van der Waals surface area contributed by atoms with Gasteiger partial charge in [0.05, 0.1) is 17.7 Å². The molecule has 1 fully saturated rings. The number of benzene rings is 1. The molecule has 2 heterocycles. The summed E-state index contributed by atoms with van der Waals surface area (Å²) in [5, 5.41) is 3.43. The molecule has 7 heteroatoms. The third-order valence-corrected chi connectivity index (χ3v) is 4.70. The molecule has 0 atom stereocenters. The van der Waals surface area contributed by atoms with Crippen LogP contribution >= 0.6 is 11.6 Å². The highest BCUT2D eigenvalue weighted by Gasteiger charge is 2.19. The van der Waals surface area contributed by atoms with E-state index in [1.54, 1.807) is 18.2 Å². The van der Waals surface area contributed by atoms with Crippen LogP contribution in [-0.4, -0.2) is 36.0 Å². The van der Waals surface area contributed by atoms with Gasteiger partial charge in [0.25, 0.3) is 5.91 Å². The minimum absolute atomic E-state index is 0.0390. The lowest BCUT2D eigenvalue weighted by Gasteiger charge is -2.26. The molecule has 1 N–H and O–H groups in total. The van der Waals surface area contributed by atoms with Gasteiger partial charge in [-0.2, -0.15) is 0 Å². The van der Waals surface area contributed by atoms with Crippen LogP contribution in [0.4, 0.5) is 10.2 Å². The Morgan fingerprint density at radius 3 is 2.73 bits per heavy atom. The number of likely N-dealkylation sites (tertiary alicyclic amines) is 1. The van der Waals surface area contributed by atoms with Crippen molar-refractivity contribution in [1.82, 2.24) is 9.88 Å². The number of nitrogens with one attached hydrogen (secondary N) is 1. The predicted octanol–water partition coefficient (Wildman–Crippen LogP) is 4.12. The Bertz CT molecular complexity index is 794. The van der Waals surface area contributed by atoms with Crippen molar-refractivity contribution in [1.29, 1.82) is 0 Å². The van der Waals surface area contributed by atoms with Crippen LogP contribution < -0.4 is 10.1 Å². The summed E-state index contributed by atoms with van der Waals surface area (Å²) in [6.45, 7) is 1.91. The second-order valence-electron chi connectivity index (χ2n) is 6.23. The number of amides is 1. The van der Waals surface area contributed by atoms with Gasteiger partial charge in [0.1, 0.15) is 5.82 Å². The van der Waals surface area contributed by atoms with Gasteiger partial charge < -0.3 is 15.0 Å². The molecule has 1 amide bonds. The van der Waals surface area contributed by atoms with Crippen LogP contribution in [0.2, 0.25) is 5.02 Å². The Hall–Kier alpha value is -2.34. The molecular formula is C19H21ClFN3O2. The average Bonchev–Trinajstić information content (AvgIpc) is 2.67. The lowest BCUT2D eigenvalue weighted by atomic mass is 10.1. The molecule has 0 bridgehead atoms. The Labute approximate surface area is 157 Å². The van der Waals surface area contributed by atoms with E-state index in [1.165, 1.54) is 19.4 Å². The van der Waals surface area contributed by atoms with Crippen molar-refractivity contribution < 1.29 is 13.9 Å². The van der Waals surface area contributed by atoms with Crippen molar-refractivity contribution in [2.24, 2.45) is 0 Å². The average molecular weight is 378 g/mol. The fraction of sp³-hybridized carbons (Fsp3) is 0.368. The van der Waals surface area contributed by atoms with Crippen LogP contribution in [0.15, 0.2) is 30.5 Å². The number of ether oxygens (including phenoxy) is 1. The molecule has 0 radical (unpaired) electrons. The van der Waals surface area contributed by atoms with E-state index in [-0.39, 0.29) is 11.7 Å². The molecule has 1 aromatic carbocycles. The van der Waals surface area contributed by atoms with Crippen LogP contribution in [0.5, 0.6) is 5.75 Å². The lowest BCUT2D eigenvalue weighted by molar-refractivity contribution is 0.0724. The van der Waals surface area contributed by atoms with E-state index >= 15 is 0 Å². The third kappa shape index (κ3) is 4.25. The molecule has 1 aromatic heterocycles. The Morgan fingerprint density at radius 1 is 1.31 bits per heavy atom. The summed E-state index contributed by atoms with van der Waals surface area (Å²) >= 11 is 6.27. The van der Waals surface area contributed by atoms with Crippen molar-refractivity contribution in [2.75, 3.05) is 25.5 Å². The topological polar surface area (TPSA) is 54.5 Å². The number of methoxy groups -OCH3 is 1. The standard InChI is InChI=1S/C19H21ClFN3O2/c1-26-17-6-5-13(9-16(17)21)11-22-18-15(20)10-14(12-23-18)19(25)24-7-3-2-4-8-24/h5-6,9-10,12H,2-4,7-8,11H2,1H3,(H,22,23). The van der Waals surface area contributed by atoms with Crippen molar-refractivity contribution in [2.45, 2.75) is 25.8 Å². The van der Waals surface area contributed by atoms with Crippen molar-refractivity contribution in [3.8, 4) is 5.75 Å². The number of carbonyl (C=O) groups is 1. The normalized spacial score (nSPS) is 14.2. The van der Waals surface area contributed by atoms with Gasteiger partial charge in [-0.05, 0) is 43.0 Å². The maximum absolute atomic E-state index is 13.7. The molecule has 3 rings (SSSR count). The number of hydrogen-bond acceptors (Lipinski definition) is 4. The number of carbonyl (C=O) groups excluding carboxylic acids is 1. The summed E-state index contributed by atoms with van der Waals surface area (Å²) in [6.07, 6.45) is 4.76. The number of rotatable bonds is 5. The fourth-order valence-corrected chi connectivity index (χ4v) is 3.20. The summed E-state index contributed by atoms with van der Waals surface area (Å²) in [6, 6.07) is 6.36. The number of pyridine rings is 1. The van der Waals surface area contributed by atoms with Gasteiger partial charge in [0, 0.05) is 25.8 Å². The highest BCUT2D eigenvalue weighted by molar-refractivity contribution is 6.33. The summed E-state index contributed by atoms with van der Waals surface area (Å²) in [5.74, 6) is 0.194. The molecule has 1 aliphatic rings. The highest BCUT2D eigenvalue weighted by atomic mass is 35.5. The van der Waals surface area contributed by atoms with E-state index in [0.29, 0.717) is 22.9 Å². The second kappa shape index (κ2) is 8.36. The molecule has 0 spiro atoms.